The highest BCUT2D eigenvalue weighted by Crippen LogP contribution is 2.18. The molecule has 0 bridgehead atoms. The van der Waals surface area contributed by atoms with Gasteiger partial charge in [0.2, 0.25) is 5.91 Å². The Kier molecular flexibility index (Phi) is 5.31. The molecule has 1 fully saturated rings. The summed E-state index contributed by atoms with van der Waals surface area (Å²) in [7, 11) is 0. The van der Waals surface area contributed by atoms with Crippen LogP contribution in [0.5, 0.6) is 0 Å². The minimum atomic E-state index is -0.559. The van der Waals surface area contributed by atoms with E-state index in [4.69, 9.17) is 11.0 Å². The zero-order chi connectivity index (χ0) is 16.8. The van der Waals surface area contributed by atoms with Crippen molar-refractivity contribution in [2.75, 3.05) is 18.4 Å². The van der Waals surface area contributed by atoms with Crippen LogP contribution in [0.15, 0.2) is 36.0 Å². The first-order chi connectivity index (χ1) is 11.0. The Morgan fingerprint density at radius 1 is 1.30 bits per heavy atom. The number of benzene rings is 1. The molecule has 0 aromatic heterocycles. The van der Waals surface area contributed by atoms with Crippen molar-refractivity contribution in [3.63, 3.8) is 0 Å². The summed E-state index contributed by atoms with van der Waals surface area (Å²) in [5.74, 6) is -1.44. The standard InChI is InChI=1S/C16H17FN4O2/c17-13-1-3-14(4-2-13)20-16(23)12(9-18)10-21-7-5-11(6-8-21)15(19)22/h1-4,10-11H,5-8H2,(H2,19,22)(H,20,23)/b12-10-. The monoisotopic (exact) mass is 316 g/mol. The molecule has 0 saturated carbocycles. The maximum Gasteiger partial charge on any atom is 0.267 e. The smallest absolute Gasteiger partial charge is 0.267 e. The Balaban J connectivity index is 1.99. The number of nitrogens with one attached hydrogen (secondary N) is 1. The van der Waals surface area contributed by atoms with Gasteiger partial charge in [-0.3, -0.25) is 9.59 Å². The second-order valence-corrected chi connectivity index (χ2v) is 5.33. The molecule has 0 radical (unpaired) electrons. The first kappa shape index (κ1) is 16.5. The molecule has 1 saturated heterocycles. The summed E-state index contributed by atoms with van der Waals surface area (Å²) >= 11 is 0. The van der Waals surface area contributed by atoms with E-state index in [9.17, 15) is 14.0 Å². The topological polar surface area (TPSA) is 99.2 Å². The molecule has 120 valence electrons. The van der Waals surface area contributed by atoms with Gasteiger partial charge in [-0.05, 0) is 37.1 Å². The van der Waals surface area contributed by atoms with Gasteiger partial charge < -0.3 is 16.0 Å². The van der Waals surface area contributed by atoms with Crippen molar-refractivity contribution in [1.82, 2.24) is 4.90 Å². The molecule has 1 heterocycles. The molecule has 0 aliphatic carbocycles. The number of likely N-dealkylation sites (tertiary alicyclic amines) is 1. The fraction of sp³-hybridized carbons (Fsp3) is 0.312. The average Bonchev–Trinajstić information content (AvgIpc) is 2.55. The number of rotatable bonds is 4. The molecule has 1 aromatic rings. The lowest BCUT2D eigenvalue weighted by atomic mass is 9.96. The molecule has 0 atom stereocenters. The molecule has 23 heavy (non-hydrogen) atoms. The molecule has 3 N–H and O–H groups in total. The predicted octanol–water partition coefficient (Wildman–Crippen LogP) is 1.37. The summed E-state index contributed by atoms with van der Waals surface area (Å²) in [4.78, 5) is 25.0. The van der Waals surface area contributed by atoms with E-state index < -0.39 is 11.7 Å². The number of amides is 2. The molecular weight excluding hydrogens is 299 g/mol. The van der Waals surface area contributed by atoms with Crippen molar-refractivity contribution >= 4 is 17.5 Å². The summed E-state index contributed by atoms with van der Waals surface area (Å²) in [6.45, 7) is 1.12. The van der Waals surface area contributed by atoms with E-state index in [1.807, 2.05) is 11.0 Å². The van der Waals surface area contributed by atoms with Gasteiger partial charge in [0.05, 0.1) is 0 Å². The molecule has 1 aromatic carbocycles. The van der Waals surface area contributed by atoms with E-state index in [1.54, 1.807) is 0 Å². The average molecular weight is 316 g/mol. The van der Waals surface area contributed by atoms with Crippen LogP contribution in [0.2, 0.25) is 0 Å². The molecule has 2 rings (SSSR count). The van der Waals surface area contributed by atoms with Gasteiger partial charge in [-0.1, -0.05) is 0 Å². The number of carbonyl (C=O) groups is 2. The predicted molar refractivity (Wildman–Crippen MR) is 82.2 cm³/mol. The van der Waals surface area contributed by atoms with Crippen LogP contribution >= 0.6 is 0 Å². The second-order valence-electron chi connectivity index (χ2n) is 5.33. The number of hydrogen-bond acceptors (Lipinski definition) is 4. The fourth-order valence-corrected chi connectivity index (χ4v) is 2.37. The van der Waals surface area contributed by atoms with Crippen LogP contribution in [-0.2, 0) is 9.59 Å². The number of piperidine rings is 1. The minimum absolute atomic E-state index is 0.0492. The lowest BCUT2D eigenvalue weighted by Crippen LogP contribution is -2.36. The summed E-state index contributed by atoms with van der Waals surface area (Å²) in [6, 6.07) is 7.14. The summed E-state index contributed by atoms with van der Waals surface area (Å²) in [6.07, 6.45) is 2.68. The summed E-state index contributed by atoms with van der Waals surface area (Å²) < 4.78 is 12.8. The third-order valence-electron chi connectivity index (χ3n) is 3.71. The van der Waals surface area contributed by atoms with Crippen LogP contribution in [0.4, 0.5) is 10.1 Å². The van der Waals surface area contributed by atoms with E-state index in [1.165, 1.54) is 30.5 Å². The van der Waals surface area contributed by atoms with Gasteiger partial charge >= 0.3 is 0 Å². The fourth-order valence-electron chi connectivity index (χ4n) is 2.37. The zero-order valence-corrected chi connectivity index (χ0v) is 12.5. The van der Waals surface area contributed by atoms with Gasteiger partial charge in [-0.25, -0.2) is 4.39 Å². The normalized spacial score (nSPS) is 15.8. The van der Waals surface area contributed by atoms with Crippen molar-refractivity contribution in [2.45, 2.75) is 12.8 Å². The van der Waals surface area contributed by atoms with Gasteiger partial charge in [0.15, 0.2) is 0 Å². The number of primary amides is 1. The van der Waals surface area contributed by atoms with Crippen molar-refractivity contribution < 1.29 is 14.0 Å². The third kappa shape index (κ3) is 4.54. The van der Waals surface area contributed by atoms with Crippen LogP contribution in [0.1, 0.15) is 12.8 Å². The van der Waals surface area contributed by atoms with E-state index >= 15 is 0 Å². The van der Waals surface area contributed by atoms with E-state index in [2.05, 4.69) is 5.32 Å². The van der Waals surface area contributed by atoms with Crippen LogP contribution in [-0.4, -0.2) is 29.8 Å². The Labute approximate surface area is 133 Å². The summed E-state index contributed by atoms with van der Waals surface area (Å²) in [5.41, 5.74) is 5.63. The number of halogens is 1. The lowest BCUT2D eigenvalue weighted by molar-refractivity contribution is -0.123. The van der Waals surface area contributed by atoms with Gasteiger partial charge in [-0.15, -0.1) is 0 Å². The highest BCUT2D eigenvalue weighted by molar-refractivity contribution is 6.06. The van der Waals surface area contributed by atoms with Crippen LogP contribution in [0.3, 0.4) is 0 Å². The van der Waals surface area contributed by atoms with Crippen LogP contribution in [0.25, 0.3) is 0 Å². The van der Waals surface area contributed by atoms with Crippen LogP contribution in [0, 0.1) is 23.1 Å². The number of carbonyl (C=O) groups excluding carboxylic acids is 2. The van der Waals surface area contributed by atoms with Gasteiger partial charge in [-0.2, -0.15) is 5.26 Å². The Morgan fingerprint density at radius 2 is 1.91 bits per heavy atom. The SMILES string of the molecule is N#C/C(=C/N1CCC(C(N)=O)CC1)C(=O)Nc1ccc(F)cc1. The zero-order valence-electron chi connectivity index (χ0n) is 12.5. The highest BCUT2D eigenvalue weighted by atomic mass is 19.1. The molecule has 0 unspecified atom stereocenters. The van der Waals surface area contributed by atoms with E-state index in [-0.39, 0.29) is 17.4 Å². The Bertz CT molecular complexity index is 656. The number of nitrogens with two attached hydrogens (primary N) is 1. The molecule has 0 spiro atoms. The van der Waals surface area contributed by atoms with Crippen molar-refractivity contribution in [3.05, 3.63) is 41.9 Å². The van der Waals surface area contributed by atoms with Gasteiger partial charge in [0, 0.05) is 30.9 Å². The molecule has 2 amide bonds. The third-order valence-corrected chi connectivity index (χ3v) is 3.71. The van der Waals surface area contributed by atoms with Crippen molar-refractivity contribution in [1.29, 1.82) is 5.26 Å². The van der Waals surface area contributed by atoms with Crippen molar-refractivity contribution in [2.24, 2.45) is 11.7 Å². The van der Waals surface area contributed by atoms with Gasteiger partial charge in [0.1, 0.15) is 17.5 Å². The molecule has 1 aliphatic rings. The maximum absolute atomic E-state index is 12.8. The second kappa shape index (κ2) is 7.40. The number of hydrogen-bond donors (Lipinski definition) is 2. The lowest BCUT2D eigenvalue weighted by Gasteiger charge is -2.29. The summed E-state index contributed by atoms with van der Waals surface area (Å²) in [5, 5.41) is 11.7. The maximum atomic E-state index is 12.8. The minimum Gasteiger partial charge on any atom is -0.376 e. The number of nitriles is 1. The van der Waals surface area contributed by atoms with Crippen molar-refractivity contribution in [3.8, 4) is 6.07 Å². The molecule has 7 heteroatoms. The quantitative estimate of drug-likeness (QED) is 0.647. The number of nitrogens with zero attached hydrogens (tertiary/aromatic N) is 2. The Hall–Kier alpha value is -2.88. The Morgan fingerprint density at radius 3 is 2.43 bits per heavy atom. The molecule has 1 aliphatic heterocycles. The number of anilines is 1. The highest BCUT2D eigenvalue weighted by Gasteiger charge is 2.22. The van der Waals surface area contributed by atoms with E-state index in [0.717, 1.165) is 0 Å². The van der Waals surface area contributed by atoms with Gasteiger partial charge in [0.25, 0.3) is 5.91 Å². The van der Waals surface area contributed by atoms with E-state index in [0.29, 0.717) is 31.6 Å². The first-order valence-electron chi connectivity index (χ1n) is 7.22. The molecular formula is C16H17FN4O2. The first-order valence-corrected chi connectivity index (χ1v) is 7.22. The molecule has 6 nitrogen and oxygen atoms in total. The largest absolute Gasteiger partial charge is 0.376 e. The van der Waals surface area contributed by atoms with Crippen LogP contribution < -0.4 is 11.1 Å².